The van der Waals surface area contributed by atoms with Gasteiger partial charge in [-0.15, -0.1) is 0 Å². The minimum absolute atomic E-state index is 0.143. The van der Waals surface area contributed by atoms with Gasteiger partial charge < -0.3 is 14.4 Å². The predicted octanol–water partition coefficient (Wildman–Crippen LogP) is 4.51. The molecule has 0 saturated heterocycles. The summed E-state index contributed by atoms with van der Waals surface area (Å²) in [7, 11) is 5.19. The summed E-state index contributed by atoms with van der Waals surface area (Å²) in [6, 6.07) is 3.76. The van der Waals surface area contributed by atoms with Crippen molar-refractivity contribution in [1.29, 1.82) is 0 Å². The standard InChI is InChI=1S/C22H24BrNO4/c1-24-14-6-4-8-16(25)21(14)20(22-15(24)7-5-9-17(22)26)12-10-18(27-2)19(28-3)11-13(12)23/h10-11,20H,4-9H2,1-3H3. The van der Waals surface area contributed by atoms with Gasteiger partial charge in [-0.1, -0.05) is 15.9 Å². The molecule has 0 aromatic heterocycles. The lowest BCUT2D eigenvalue weighted by Crippen LogP contribution is -2.37. The molecule has 0 unspecified atom stereocenters. The van der Waals surface area contributed by atoms with Gasteiger partial charge in [-0.2, -0.15) is 0 Å². The first-order chi connectivity index (χ1) is 13.5. The van der Waals surface area contributed by atoms with E-state index in [0.717, 1.165) is 58.3 Å². The maximum atomic E-state index is 13.0. The Labute approximate surface area is 173 Å². The van der Waals surface area contributed by atoms with Crippen LogP contribution in [0.4, 0.5) is 0 Å². The van der Waals surface area contributed by atoms with Crippen LogP contribution >= 0.6 is 15.9 Å². The zero-order valence-corrected chi connectivity index (χ0v) is 18.0. The van der Waals surface area contributed by atoms with Crippen LogP contribution in [0.15, 0.2) is 39.1 Å². The highest BCUT2D eigenvalue weighted by Crippen LogP contribution is 2.51. The van der Waals surface area contributed by atoms with E-state index in [0.29, 0.717) is 24.3 Å². The average molecular weight is 446 g/mol. The number of nitrogens with zero attached hydrogens (tertiary/aromatic N) is 1. The number of rotatable bonds is 3. The van der Waals surface area contributed by atoms with Crippen molar-refractivity contribution in [2.75, 3.05) is 21.3 Å². The van der Waals surface area contributed by atoms with E-state index in [1.165, 1.54) is 0 Å². The summed E-state index contributed by atoms with van der Waals surface area (Å²) in [5.41, 5.74) is 4.57. The average Bonchev–Trinajstić information content (AvgIpc) is 2.69. The van der Waals surface area contributed by atoms with E-state index in [4.69, 9.17) is 9.47 Å². The third kappa shape index (κ3) is 2.89. The molecule has 0 N–H and O–H groups in total. The van der Waals surface area contributed by atoms with Crippen molar-refractivity contribution in [2.24, 2.45) is 0 Å². The van der Waals surface area contributed by atoms with E-state index in [9.17, 15) is 9.59 Å². The van der Waals surface area contributed by atoms with Crippen molar-refractivity contribution in [1.82, 2.24) is 4.90 Å². The van der Waals surface area contributed by atoms with Crippen LogP contribution in [0, 0.1) is 0 Å². The predicted molar refractivity (Wildman–Crippen MR) is 110 cm³/mol. The van der Waals surface area contributed by atoms with E-state index < -0.39 is 0 Å². The molecule has 0 radical (unpaired) electrons. The van der Waals surface area contributed by atoms with Gasteiger partial charge in [0.15, 0.2) is 23.1 Å². The first-order valence-electron chi connectivity index (χ1n) is 9.65. The van der Waals surface area contributed by atoms with Gasteiger partial charge in [0.05, 0.1) is 14.2 Å². The van der Waals surface area contributed by atoms with Crippen molar-refractivity contribution >= 4 is 27.5 Å². The Kier molecular flexibility index (Phi) is 5.08. The fraction of sp³-hybridized carbons (Fsp3) is 0.455. The van der Waals surface area contributed by atoms with Crippen LogP contribution in [0.25, 0.3) is 0 Å². The van der Waals surface area contributed by atoms with E-state index >= 15 is 0 Å². The molecule has 1 aromatic carbocycles. The van der Waals surface area contributed by atoms with Gasteiger partial charge in [-0.25, -0.2) is 0 Å². The maximum absolute atomic E-state index is 13.0. The van der Waals surface area contributed by atoms with Gasteiger partial charge in [-0.3, -0.25) is 9.59 Å². The maximum Gasteiger partial charge on any atom is 0.161 e. The second-order valence-electron chi connectivity index (χ2n) is 7.49. The Hall–Kier alpha value is -2.08. The molecule has 6 heteroatoms. The molecule has 0 atom stereocenters. The van der Waals surface area contributed by atoms with E-state index in [1.54, 1.807) is 14.2 Å². The molecule has 0 amide bonds. The van der Waals surface area contributed by atoms with Crippen LogP contribution in [0.3, 0.4) is 0 Å². The van der Waals surface area contributed by atoms with Gasteiger partial charge >= 0.3 is 0 Å². The second kappa shape index (κ2) is 7.39. The Bertz CT molecular complexity index is 887. The number of carbonyl (C=O) groups is 2. The minimum Gasteiger partial charge on any atom is -0.493 e. The first kappa shape index (κ1) is 19.2. The molecule has 1 heterocycles. The lowest BCUT2D eigenvalue weighted by Gasteiger charge is -2.42. The normalized spacial score (nSPS) is 20.4. The third-order valence-electron chi connectivity index (χ3n) is 6.06. The Morgan fingerprint density at radius 1 is 0.893 bits per heavy atom. The van der Waals surface area contributed by atoms with Crippen LogP contribution in [0.5, 0.6) is 11.5 Å². The molecule has 28 heavy (non-hydrogen) atoms. The number of allylic oxidation sites excluding steroid dienone is 4. The van der Waals surface area contributed by atoms with Crippen molar-refractivity contribution in [3.63, 3.8) is 0 Å². The molecule has 3 aliphatic rings. The Morgan fingerprint density at radius 3 is 1.89 bits per heavy atom. The number of ether oxygens (including phenoxy) is 2. The molecule has 0 fully saturated rings. The molecule has 2 aliphatic carbocycles. The number of halogens is 1. The summed E-state index contributed by atoms with van der Waals surface area (Å²) < 4.78 is 11.7. The summed E-state index contributed by atoms with van der Waals surface area (Å²) in [5, 5.41) is 0. The van der Waals surface area contributed by atoms with Crippen molar-refractivity contribution < 1.29 is 19.1 Å². The Morgan fingerprint density at radius 2 is 1.39 bits per heavy atom. The van der Waals surface area contributed by atoms with E-state index in [-0.39, 0.29) is 17.5 Å². The Balaban J connectivity index is 1.98. The second-order valence-corrected chi connectivity index (χ2v) is 8.35. The first-order valence-corrected chi connectivity index (χ1v) is 10.4. The fourth-order valence-electron chi connectivity index (χ4n) is 4.75. The molecule has 4 rings (SSSR count). The van der Waals surface area contributed by atoms with E-state index in [1.807, 2.05) is 19.2 Å². The molecular formula is C22H24BrNO4. The number of ketones is 2. The number of benzene rings is 1. The smallest absolute Gasteiger partial charge is 0.161 e. The number of carbonyl (C=O) groups excluding carboxylic acids is 2. The van der Waals surface area contributed by atoms with Crippen molar-refractivity contribution in [3.8, 4) is 11.5 Å². The van der Waals surface area contributed by atoms with Crippen molar-refractivity contribution in [3.05, 3.63) is 44.7 Å². The molecule has 1 aliphatic heterocycles. The van der Waals surface area contributed by atoms with Gasteiger partial charge in [0.2, 0.25) is 0 Å². The van der Waals surface area contributed by atoms with Crippen LogP contribution in [-0.4, -0.2) is 37.7 Å². The van der Waals surface area contributed by atoms with Gasteiger partial charge in [0.25, 0.3) is 0 Å². The topological polar surface area (TPSA) is 55.8 Å². The molecule has 1 aromatic rings. The molecule has 5 nitrogen and oxygen atoms in total. The summed E-state index contributed by atoms with van der Waals surface area (Å²) >= 11 is 3.66. The van der Waals surface area contributed by atoms with E-state index in [2.05, 4.69) is 20.8 Å². The summed E-state index contributed by atoms with van der Waals surface area (Å²) in [5.74, 6) is 1.14. The molecule has 0 bridgehead atoms. The van der Waals surface area contributed by atoms with Crippen LogP contribution in [0.1, 0.15) is 50.0 Å². The zero-order chi connectivity index (χ0) is 20.0. The van der Waals surface area contributed by atoms with Crippen LogP contribution in [-0.2, 0) is 9.59 Å². The van der Waals surface area contributed by atoms with Crippen molar-refractivity contribution in [2.45, 2.75) is 44.4 Å². The van der Waals surface area contributed by atoms with Crippen LogP contribution < -0.4 is 9.47 Å². The van der Waals surface area contributed by atoms with Gasteiger partial charge in [-0.05, 0) is 43.4 Å². The number of hydrogen-bond donors (Lipinski definition) is 0. The quantitative estimate of drug-likeness (QED) is 0.684. The lowest BCUT2D eigenvalue weighted by atomic mass is 9.71. The summed E-state index contributed by atoms with van der Waals surface area (Å²) in [6.45, 7) is 0. The zero-order valence-electron chi connectivity index (χ0n) is 16.4. The third-order valence-corrected chi connectivity index (χ3v) is 6.75. The largest absolute Gasteiger partial charge is 0.493 e. The molecule has 148 valence electrons. The van der Waals surface area contributed by atoms with Gasteiger partial charge in [0.1, 0.15) is 0 Å². The number of methoxy groups -OCH3 is 2. The number of hydrogen-bond acceptors (Lipinski definition) is 5. The highest BCUT2D eigenvalue weighted by atomic mass is 79.9. The molecule has 0 saturated carbocycles. The molecule has 0 spiro atoms. The van der Waals surface area contributed by atoms with Gasteiger partial charge in [0, 0.05) is 52.8 Å². The highest BCUT2D eigenvalue weighted by Gasteiger charge is 2.43. The summed E-state index contributed by atoms with van der Waals surface area (Å²) in [6.07, 6.45) is 4.51. The van der Waals surface area contributed by atoms with Crippen LogP contribution in [0.2, 0.25) is 0 Å². The SMILES string of the molecule is COc1cc(Br)c(C2C3=C(CCCC3=O)N(C)C3=C2C(=O)CCC3)cc1OC. The summed E-state index contributed by atoms with van der Waals surface area (Å²) in [4.78, 5) is 28.2. The molecular weight excluding hydrogens is 422 g/mol. The number of Topliss-reactive ketones (excluding diaryl/α,β-unsaturated/α-hetero) is 2. The monoisotopic (exact) mass is 445 g/mol. The fourth-order valence-corrected chi connectivity index (χ4v) is 5.31. The highest BCUT2D eigenvalue weighted by molar-refractivity contribution is 9.10. The lowest BCUT2D eigenvalue weighted by molar-refractivity contribution is -0.117. The minimum atomic E-state index is -0.351.